The summed E-state index contributed by atoms with van der Waals surface area (Å²) in [5.74, 6) is 0.755. The van der Waals surface area contributed by atoms with E-state index in [4.69, 9.17) is 5.73 Å². The van der Waals surface area contributed by atoms with Crippen molar-refractivity contribution in [2.24, 2.45) is 0 Å². The minimum atomic E-state index is 0.241. The topological polar surface area (TPSA) is 81.7 Å². The van der Waals surface area contributed by atoms with Crippen LogP contribution in [0.5, 0.6) is 0 Å². The molecule has 3 rings (SSSR count). The molecule has 1 aromatic carbocycles. The van der Waals surface area contributed by atoms with E-state index >= 15 is 0 Å². The van der Waals surface area contributed by atoms with Crippen LogP contribution in [0.2, 0.25) is 0 Å². The van der Waals surface area contributed by atoms with Crippen molar-refractivity contribution >= 4 is 5.69 Å². The SMILES string of the molecule is Nc1cccc(-n2nnc([C@H]3CCCN3)n2)c1. The molecule has 6 heteroatoms. The molecule has 17 heavy (non-hydrogen) atoms. The third-order valence-electron chi connectivity index (χ3n) is 2.90. The monoisotopic (exact) mass is 230 g/mol. The number of nitrogens with zero attached hydrogens (tertiary/aromatic N) is 4. The van der Waals surface area contributed by atoms with Gasteiger partial charge < -0.3 is 11.1 Å². The van der Waals surface area contributed by atoms with Gasteiger partial charge in [0.2, 0.25) is 0 Å². The molecule has 2 aromatic rings. The molecular weight excluding hydrogens is 216 g/mol. The van der Waals surface area contributed by atoms with E-state index in [9.17, 15) is 0 Å². The van der Waals surface area contributed by atoms with Gasteiger partial charge in [0.05, 0.1) is 11.7 Å². The molecule has 1 aliphatic rings. The molecule has 2 heterocycles. The minimum absolute atomic E-state index is 0.241. The number of hydrogen-bond donors (Lipinski definition) is 2. The highest BCUT2D eigenvalue weighted by Gasteiger charge is 2.21. The van der Waals surface area contributed by atoms with Gasteiger partial charge in [-0.15, -0.1) is 15.0 Å². The Kier molecular flexibility index (Phi) is 2.49. The Morgan fingerprint density at radius 3 is 3.12 bits per heavy atom. The van der Waals surface area contributed by atoms with Crippen LogP contribution >= 0.6 is 0 Å². The normalized spacial score (nSPS) is 19.6. The fourth-order valence-electron chi connectivity index (χ4n) is 2.03. The zero-order valence-electron chi connectivity index (χ0n) is 9.37. The van der Waals surface area contributed by atoms with Gasteiger partial charge in [-0.05, 0) is 42.8 Å². The van der Waals surface area contributed by atoms with Gasteiger partial charge in [0.25, 0.3) is 0 Å². The molecule has 6 nitrogen and oxygen atoms in total. The highest BCUT2D eigenvalue weighted by molar-refractivity contribution is 5.46. The van der Waals surface area contributed by atoms with Gasteiger partial charge in [-0.2, -0.15) is 0 Å². The fraction of sp³-hybridized carbons (Fsp3) is 0.364. The maximum atomic E-state index is 5.72. The number of nitrogens with one attached hydrogen (secondary N) is 1. The van der Waals surface area contributed by atoms with E-state index in [1.54, 1.807) is 0 Å². The predicted molar refractivity (Wildman–Crippen MR) is 63.5 cm³/mol. The van der Waals surface area contributed by atoms with E-state index in [2.05, 4.69) is 20.7 Å². The Balaban J connectivity index is 1.89. The first-order chi connectivity index (χ1) is 8.33. The van der Waals surface area contributed by atoms with Gasteiger partial charge in [0, 0.05) is 5.69 Å². The summed E-state index contributed by atoms with van der Waals surface area (Å²) >= 11 is 0. The predicted octanol–water partition coefficient (Wildman–Crippen LogP) is 0.669. The average Bonchev–Trinajstić information content (AvgIpc) is 3.00. The van der Waals surface area contributed by atoms with E-state index in [1.807, 2.05) is 24.3 Å². The van der Waals surface area contributed by atoms with Gasteiger partial charge in [0.1, 0.15) is 0 Å². The van der Waals surface area contributed by atoms with Gasteiger partial charge in [-0.25, -0.2) is 0 Å². The second kappa shape index (κ2) is 4.14. The molecule has 1 atom stereocenters. The molecule has 0 amide bonds. The van der Waals surface area contributed by atoms with Crippen LogP contribution in [0, 0.1) is 0 Å². The second-order valence-corrected chi connectivity index (χ2v) is 4.18. The Morgan fingerprint density at radius 1 is 1.41 bits per heavy atom. The molecule has 0 radical (unpaired) electrons. The number of benzene rings is 1. The third-order valence-corrected chi connectivity index (χ3v) is 2.90. The Labute approximate surface area is 98.8 Å². The number of tetrazole rings is 1. The van der Waals surface area contributed by atoms with Crippen LogP contribution in [0.4, 0.5) is 5.69 Å². The van der Waals surface area contributed by atoms with Crippen LogP contribution in [-0.2, 0) is 0 Å². The zero-order chi connectivity index (χ0) is 11.7. The van der Waals surface area contributed by atoms with Gasteiger partial charge >= 0.3 is 0 Å². The van der Waals surface area contributed by atoms with Crippen LogP contribution in [0.15, 0.2) is 24.3 Å². The number of rotatable bonds is 2. The molecule has 1 fully saturated rings. The zero-order valence-corrected chi connectivity index (χ0v) is 9.37. The van der Waals surface area contributed by atoms with Crippen molar-refractivity contribution in [1.29, 1.82) is 0 Å². The van der Waals surface area contributed by atoms with E-state index < -0.39 is 0 Å². The smallest absolute Gasteiger partial charge is 0.192 e. The highest BCUT2D eigenvalue weighted by atomic mass is 15.6. The number of anilines is 1. The lowest BCUT2D eigenvalue weighted by molar-refractivity contribution is 0.602. The molecule has 1 aliphatic heterocycles. The van der Waals surface area contributed by atoms with Crippen LogP contribution in [0.3, 0.4) is 0 Å². The molecule has 1 saturated heterocycles. The summed E-state index contributed by atoms with van der Waals surface area (Å²) in [7, 11) is 0. The maximum Gasteiger partial charge on any atom is 0.192 e. The maximum absolute atomic E-state index is 5.72. The Morgan fingerprint density at radius 2 is 2.35 bits per heavy atom. The molecule has 0 spiro atoms. The van der Waals surface area contributed by atoms with Crippen molar-refractivity contribution in [3.05, 3.63) is 30.1 Å². The summed E-state index contributed by atoms with van der Waals surface area (Å²) in [5, 5.41) is 15.9. The average molecular weight is 230 g/mol. The lowest BCUT2D eigenvalue weighted by Crippen LogP contribution is -2.14. The van der Waals surface area contributed by atoms with Crippen molar-refractivity contribution in [2.75, 3.05) is 12.3 Å². The number of nitrogen functional groups attached to an aromatic ring is 1. The first-order valence-electron chi connectivity index (χ1n) is 5.72. The Hall–Kier alpha value is -1.95. The summed E-state index contributed by atoms with van der Waals surface area (Å²) in [6.45, 7) is 1.03. The summed E-state index contributed by atoms with van der Waals surface area (Å²) in [4.78, 5) is 1.52. The summed E-state index contributed by atoms with van der Waals surface area (Å²) in [5.41, 5.74) is 7.25. The highest BCUT2D eigenvalue weighted by Crippen LogP contribution is 2.19. The van der Waals surface area contributed by atoms with Crippen LogP contribution < -0.4 is 11.1 Å². The van der Waals surface area contributed by atoms with Crippen molar-refractivity contribution in [3.8, 4) is 5.69 Å². The van der Waals surface area contributed by atoms with Crippen molar-refractivity contribution in [2.45, 2.75) is 18.9 Å². The molecule has 1 aromatic heterocycles. The van der Waals surface area contributed by atoms with E-state index in [1.165, 1.54) is 4.80 Å². The first kappa shape index (κ1) is 10.2. The number of hydrogen-bond acceptors (Lipinski definition) is 5. The lowest BCUT2D eigenvalue weighted by Gasteiger charge is -2.02. The molecule has 88 valence electrons. The number of aromatic nitrogens is 4. The molecule has 0 bridgehead atoms. The van der Waals surface area contributed by atoms with E-state index in [0.29, 0.717) is 5.69 Å². The standard InChI is InChI=1S/C11H14N6/c12-8-3-1-4-9(7-8)17-15-11(14-16-17)10-5-2-6-13-10/h1,3-4,7,10,13H,2,5-6,12H2/t10-/m1/s1. The lowest BCUT2D eigenvalue weighted by atomic mass is 10.2. The summed E-state index contributed by atoms with van der Waals surface area (Å²) in [6, 6.07) is 7.68. The molecular formula is C11H14N6. The quantitative estimate of drug-likeness (QED) is 0.741. The van der Waals surface area contributed by atoms with Gasteiger partial charge in [-0.1, -0.05) is 6.07 Å². The molecule has 3 N–H and O–H groups in total. The van der Waals surface area contributed by atoms with Crippen LogP contribution in [0.25, 0.3) is 5.69 Å². The molecule has 0 aliphatic carbocycles. The second-order valence-electron chi connectivity index (χ2n) is 4.18. The van der Waals surface area contributed by atoms with Gasteiger partial charge in [0.15, 0.2) is 5.82 Å². The van der Waals surface area contributed by atoms with Crippen LogP contribution in [-0.4, -0.2) is 26.8 Å². The minimum Gasteiger partial charge on any atom is -0.399 e. The number of nitrogens with two attached hydrogens (primary N) is 1. The van der Waals surface area contributed by atoms with Crippen molar-refractivity contribution in [3.63, 3.8) is 0 Å². The summed E-state index contributed by atoms with van der Waals surface area (Å²) < 4.78 is 0. The third kappa shape index (κ3) is 1.99. The van der Waals surface area contributed by atoms with E-state index in [0.717, 1.165) is 30.9 Å². The Bertz CT molecular complexity index is 514. The molecule has 0 unspecified atom stereocenters. The van der Waals surface area contributed by atoms with Crippen molar-refractivity contribution in [1.82, 2.24) is 25.5 Å². The first-order valence-corrected chi connectivity index (χ1v) is 5.72. The largest absolute Gasteiger partial charge is 0.399 e. The van der Waals surface area contributed by atoms with E-state index in [-0.39, 0.29) is 6.04 Å². The molecule has 0 saturated carbocycles. The van der Waals surface area contributed by atoms with Gasteiger partial charge in [-0.3, -0.25) is 0 Å². The van der Waals surface area contributed by atoms with Crippen molar-refractivity contribution < 1.29 is 0 Å². The van der Waals surface area contributed by atoms with Crippen LogP contribution in [0.1, 0.15) is 24.7 Å². The summed E-state index contributed by atoms with van der Waals surface area (Å²) in [6.07, 6.45) is 2.24. The fourth-order valence-corrected chi connectivity index (χ4v) is 2.03.